The lowest BCUT2D eigenvalue weighted by molar-refractivity contribution is 0.202. The molecule has 0 amide bonds. The quantitative estimate of drug-likeness (QED) is 0.907. The second-order valence-electron chi connectivity index (χ2n) is 4.76. The van der Waals surface area contributed by atoms with Crippen molar-refractivity contribution >= 4 is 22.9 Å². The van der Waals surface area contributed by atoms with Crippen LogP contribution in [0.25, 0.3) is 0 Å². The molecule has 1 N–H and O–H groups in total. The number of nitrogens with one attached hydrogen (secondary N) is 1. The van der Waals surface area contributed by atoms with Crippen LogP contribution >= 0.6 is 22.9 Å². The van der Waals surface area contributed by atoms with Gasteiger partial charge in [0.25, 0.3) is 0 Å². The van der Waals surface area contributed by atoms with Crippen molar-refractivity contribution in [3.8, 4) is 0 Å². The molecule has 2 heterocycles. The molecule has 2 nitrogen and oxygen atoms in total. The lowest BCUT2D eigenvalue weighted by atomic mass is 9.90. The molecule has 1 aromatic heterocycles. The molecule has 0 aliphatic carbocycles. The van der Waals surface area contributed by atoms with Crippen LogP contribution in [0.15, 0.2) is 6.07 Å². The second-order valence-corrected chi connectivity index (χ2v) is 6.47. The molecule has 2 atom stereocenters. The van der Waals surface area contributed by atoms with Gasteiger partial charge in [0, 0.05) is 18.0 Å². The average molecular weight is 274 g/mol. The number of ether oxygens (including phenoxy) is 1. The van der Waals surface area contributed by atoms with Gasteiger partial charge in [-0.15, -0.1) is 11.3 Å². The normalized spacial score (nSPS) is 25.1. The van der Waals surface area contributed by atoms with E-state index >= 15 is 0 Å². The molecule has 1 aromatic rings. The number of hydrogen-bond donors (Lipinski definition) is 1. The number of hydrogen-bond acceptors (Lipinski definition) is 3. The van der Waals surface area contributed by atoms with E-state index in [9.17, 15) is 0 Å². The Hall–Kier alpha value is -0.0900. The van der Waals surface area contributed by atoms with Gasteiger partial charge in [0.2, 0.25) is 0 Å². The fourth-order valence-electron chi connectivity index (χ4n) is 2.53. The maximum absolute atomic E-state index is 6.16. The summed E-state index contributed by atoms with van der Waals surface area (Å²) in [5.41, 5.74) is 1.39. The number of rotatable bonds is 4. The Morgan fingerprint density at radius 1 is 1.59 bits per heavy atom. The van der Waals surface area contributed by atoms with Crippen molar-refractivity contribution < 1.29 is 4.74 Å². The summed E-state index contributed by atoms with van der Waals surface area (Å²) in [5.74, 6) is 0.676. The first kappa shape index (κ1) is 13.3. The van der Waals surface area contributed by atoms with Gasteiger partial charge < -0.3 is 10.1 Å². The molecule has 4 heteroatoms. The van der Waals surface area contributed by atoms with E-state index in [0.29, 0.717) is 12.0 Å². The third-order valence-electron chi connectivity index (χ3n) is 3.38. The van der Waals surface area contributed by atoms with E-state index in [0.717, 1.165) is 23.9 Å². The summed E-state index contributed by atoms with van der Waals surface area (Å²) >= 11 is 7.92. The van der Waals surface area contributed by atoms with Gasteiger partial charge >= 0.3 is 0 Å². The Balaban J connectivity index is 2.12. The zero-order valence-corrected chi connectivity index (χ0v) is 12.0. The van der Waals surface area contributed by atoms with Crippen molar-refractivity contribution in [1.82, 2.24) is 5.32 Å². The summed E-state index contributed by atoms with van der Waals surface area (Å²) in [5, 5.41) is 3.50. The van der Waals surface area contributed by atoms with E-state index in [2.05, 4.69) is 18.3 Å². The van der Waals surface area contributed by atoms with E-state index in [-0.39, 0.29) is 0 Å². The highest BCUT2D eigenvalue weighted by molar-refractivity contribution is 7.16. The summed E-state index contributed by atoms with van der Waals surface area (Å²) in [7, 11) is 1.75. The lowest BCUT2D eigenvalue weighted by Gasteiger charge is -2.28. The van der Waals surface area contributed by atoms with Crippen LogP contribution in [0.2, 0.25) is 4.34 Å². The Bertz CT molecular complexity index is 366. The summed E-state index contributed by atoms with van der Waals surface area (Å²) in [6, 6.07) is 2.73. The molecule has 1 aliphatic heterocycles. The van der Waals surface area contributed by atoms with Crippen LogP contribution in [0.1, 0.15) is 36.1 Å². The van der Waals surface area contributed by atoms with E-state index in [4.69, 9.17) is 16.3 Å². The highest BCUT2D eigenvalue weighted by Crippen LogP contribution is 2.38. The van der Waals surface area contributed by atoms with E-state index in [1.54, 1.807) is 18.4 Å². The fourth-order valence-corrected chi connectivity index (χ4v) is 4.00. The standard InChI is InChI=1S/C13H20ClNOS/c1-9-7-10(3-5-15-9)13-11(4-6-16-2)8-12(14)17-13/h8-10,15H,3-7H2,1-2H3. The van der Waals surface area contributed by atoms with Crippen LogP contribution in [0.5, 0.6) is 0 Å². The molecule has 2 rings (SSSR count). The van der Waals surface area contributed by atoms with Crippen molar-refractivity contribution in [2.24, 2.45) is 0 Å². The number of thiophene rings is 1. The van der Waals surface area contributed by atoms with Crippen molar-refractivity contribution in [3.63, 3.8) is 0 Å². The number of piperidine rings is 1. The molecule has 1 fully saturated rings. The molecule has 0 radical (unpaired) electrons. The summed E-state index contributed by atoms with van der Waals surface area (Å²) in [4.78, 5) is 1.49. The van der Waals surface area contributed by atoms with E-state index < -0.39 is 0 Å². The first-order chi connectivity index (χ1) is 8.20. The van der Waals surface area contributed by atoms with Crippen LogP contribution in [-0.4, -0.2) is 26.3 Å². The fraction of sp³-hybridized carbons (Fsp3) is 0.692. The van der Waals surface area contributed by atoms with Gasteiger partial charge in [0.1, 0.15) is 0 Å². The summed E-state index contributed by atoms with van der Waals surface area (Å²) in [6.07, 6.45) is 3.42. The second kappa shape index (κ2) is 6.19. The van der Waals surface area contributed by atoms with Gasteiger partial charge in [-0.1, -0.05) is 11.6 Å². The molecule has 0 aromatic carbocycles. The SMILES string of the molecule is COCCc1cc(Cl)sc1C1CCNC(C)C1. The van der Waals surface area contributed by atoms with Gasteiger partial charge in [-0.05, 0) is 50.3 Å². The van der Waals surface area contributed by atoms with E-state index in [1.165, 1.54) is 23.3 Å². The van der Waals surface area contributed by atoms with E-state index in [1.807, 2.05) is 0 Å². The molecule has 1 aliphatic rings. The molecular formula is C13H20ClNOS. The summed E-state index contributed by atoms with van der Waals surface area (Å²) in [6.45, 7) is 4.15. The highest BCUT2D eigenvalue weighted by atomic mass is 35.5. The molecule has 2 unspecified atom stereocenters. The third kappa shape index (κ3) is 3.44. The molecular weight excluding hydrogens is 254 g/mol. The predicted molar refractivity (Wildman–Crippen MR) is 74.3 cm³/mol. The molecule has 96 valence electrons. The minimum atomic E-state index is 0.616. The van der Waals surface area contributed by atoms with Crippen molar-refractivity contribution in [2.75, 3.05) is 20.3 Å². The topological polar surface area (TPSA) is 21.3 Å². The predicted octanol–water partition coefficient (Wildman–Crippen LogP) is 3.45. The monoisotopic (exact) mass is 273 g/mol. The smallest absolute Gasteiger partial charge is 0.0934 e. The van der Waals surface area contributed by atoms with Crippen molar-refractivity contribution in [3.05, 3.63) is 20.8 Å². The summed E-state index contributed by atoms with van der Waals surface area (Å²) < 4.78 is 6.08. The van der Waals surface area contributed by atoms with Crippen LogP contribution in [-0.2, 0) is 11.2 Å². The number of methoxy groups -OCH3 is 1. The largest absolute Gasteiger partial charge is 0.384 e. The van der Waals surface area contributed by atoms with Crippen molar-refractivity contribution in [2.45, 2.75) is 38.1 Å². The molecule has 0 spiro atoms. The van der Waals surface area contributed by atoms with Gasteiger partial charge in [-0.2, -0.15) is 0 Å². The Labute approximate surface area is 112 Å². The minimum Gasteiger partial charge on any atom is -0.384 e. The Kier molecular flexibility index (Phi) is 4.86. The van der Waals surface area contributed by atoms with Crippen LogP contribution in [0, 0.1) is 0 Å². The average Bonchev–Trinajstić information content (AvgIpc) is 2.68. The highest BCUT2D eigenvalue weighted by Gasteiger charge is 2.23. The molecule has 0 saturated carbocycles. The third-order valence-corrected chi connectivity index (χ3v) is 4.85. The van der Waals surface area contributed by atoms with Crippen LogP contribution in [0.3, 0.4) is 0 Å². The maximum Gasteiger partial charge on any atom is 0.0934 e. The Morgan fingerprint density at radius 2 is 2.41 bits per heavy atom. The number of halogens is 1. The minimum absolute atomic E-state index is 0.616. The van der Waals surface area contributed by atoms with Crippen LogP contribution < -0.4 is 5.32 Å². The maximum atomic E-state index is 6.16. The van der Waals surface area contributed by atoms with Crippen LogP contribution in [0.4, 0.5) is 0 Å². The van der Waals surface area contributed by atoms with Crippen molar-refractivity contribution in [1.29, 1.82) is 0 Å². The Morgan fingerprint density at radius 3 is 3.12 bits per heavy atom. The zero-order chi connectivity index (χ0) is 12.3. The van der Waals surface area contributed by atoms with Gasteiger partial charge in [0.05, 0.1) is 10.9 Å². The first-order valence-electron chi connectivity index (χ1n) is 6.21. The molecule has 17 heavy (non-hydrogen) atoms. The first-order valence-corrected chi connectivity index (χ1v) is 7.40. The zero-order valence-electron chi connectivity index (χ0n) is 10.5. The van der Waals surface area contributed by atoms with Gasteiger partial charge in [-0.25, -0.2) is 0 Å². The van der Waals surface area contributed by atoms with Gasteiger partial charge in [-0.3, -0.25) is 0 Å². The molecule has 1 saturated heterocycles. The lowest BCUT2D eigenvalue weighted by Crippen LogP contribution is -2.34. The van der Waals surface area contributed by atoms with Gasteiger partial charge in [0.15, 0.2) is 0 Å². The molecule has 0 bridgehead atoms.